The molecule has 0 aliphatic carbocycles. The van der Waals surface area contributed by atoms with Gasteiger partial charge in [-0.15, -0.1) is 0 Å². The number of nitrogens with one attached hydrogen (secondary N) is 3. The Morgan fingerprint density at radius 1 is 0.727 bits per heavy atom. The van der Waals surface area contributed by atoms with E-state index in [0.29, 0.717) is 0 Å². The minimum atomic E-state index is -1.23. The number of hydrogen-bond donors (Lipinski definition) is 4. The van der Waals surface area contributed by atoms with E-state index in [9.17, 15) is 24.3 Å². The molecule has 0 aliphatic rings. The van der Waals surface area contributed by atoms with Crippen molar-refractivity contribution in [3.63, 3.8) is 0 Å². The van der Waals surface area contributed by atoms with Crippen molar-refractivity contribution in [2.45, 2.75) is 91.2 Å². The number of carboxylic acid groups (broad SMARTS) is 1. The maximum Gasteiger partial charge on any atom is 0.408 e. The second-order valence-corrected chi connectivity index (χ2v) is 11.4. The Kier molecular flexibility index (Phi) is 11.8. The van der Waals surface area contributed by atoms with Gasteiger partial charge in [0.15, 0.2) is 0 Å². The number of aliphatic carboxylic acids is 1. The summed E-state index contributed by atoms with van der Waals surface area (Å²) in [5.41, 5.74) is -2.17. The smallest absolute Gasteiger partial charge is 0.408 e. The molecule has 0 aliphatic heterocycles. The second-order valence-electron chi connectivity index (χ2n) is 10.3. The van der Waals surface area contributed by atoms with E-state index in [4.69, 9.17) is 14.2 Å². The molecule has 0 heterocycles. The number of carbonyl (C=O) groups excluding carboxylic acids is 3. The molecule has 0 radical (unpaired) electrons. The third kappa shape index (κ3) is 17.8. The monoisotopic (exact) mass is 493 g/mol. The van der Waals surface area contributed by atoms with E-state index in [0.717, 1.165) is 0 Å². The van der Waals surface area contributed by atoms with E-state index < -0.39 is 53.1 Å². The summed E-state index contributed by atoms with van der Waals surface area (Å²) in [4.78, 5) is 47.5. The molecule has 33 heavy (non-hydrogen) atoms. The van der Waals surface area contributed by atoms with Crippen molar-refractivity contribution in [2.75, 3.05) is 18.1 Å². The van der Waals surface area contributed by atoms with Crippen molar-refractivity contribution in [1.29, 1.82) is 0 Å². The van der Waals surface area contributed by atoms with Crippen LogP contribution in [0.25, 0.3) is 0 Å². The summed E-state index contributed by atoms with van der Waals surface area (Å²) in [5, 5.41) is 16.9. The lowest BCUT2D eigenvalue weighted by Gasteiger charge is -2.25. The summed E-state index contributed by atoms with van der Waals surface area (Å²) in [6.45, 7) is 15.4. The summed E-state index contributed by atoms with van der Waals surface area (Å²) in [7, 11) is 0. The van der Waals surface area contributed by atoms with E-state index in [-0.39, 0.29) is 18.1 Å². The lowest BCUT2D eigenvalue weighted by Crippen LogP contribution is -2.48. The molecular formula is C21H39N3O8S. The number of ether oxygens (including phenoxy) is 3. The van der Waals surface area contributed by atoms with Gasteiger partial charge in [0.05, 0.1) is 6.04 Å². The van der Waals surface area contributed by atoms with Crippen molar-refractivity contribution < 1.29 is 38.5 Å². The summed E-state index contributed by atoms with van der Waals surface area (Å²) in [5.74, 6) is -0.987. The first kappa shape index (κ1) is 30.6. The zero-order chi connectivity index (χ0) is 26.0. The largest absolute Gasteiger partial charge is 0.480 e. The minimum Gasteiger partial charge on any atom is -0.480 e. The summed E-state index contributed by atoms with van der Waals surface area (Å²) in [6.07, 6.45) is -2.18. The van der Waals surface area contributed by atoms with Crippen LogP contribution >= 0.6 is 11.8 Å². The van der Waals surface area contributed by atoms with Crippen molar-refractivity contribution in [3.05, 3.63) is 0 Å². The van der Waals surface area contributed by atoms with Gasteiger partial charge in [0, 0.05) is 18.1 Å². The average molecular weight is 494 g/mol. The highest BCUT2D eigenvalue weighted by atomic mass is 32.2. The van der Waals surface area contributed by atoms with Gasteiger partial charge in [0.2, 0.25) is 0 Å². The maximum absolute atomic E-state index is 12.2. The van der Waals surface area contributed by atoms with E-state index in [1.54, 1.807) is 62.3 Å². The molecule has 11 nitrogen and oxygen atoms in total. The highest BCUT2D eigenvalue weighted by Gasteiger charge is 2.26. The Labute approximate surface area is 200 Å². The first-order valence-corrected chi connectivity index (χ1v) is 11.7. The molecule has 0 rings (SSSR count). The van der Waals surface area contributed by atoms with Crippen LogP contribution in [-0.2, 0) is 19.0 Å². The van der Waals surface area contributed by atoms with Crippen LogP contribution in [0.1, 0.15) is 62.3 Å². The summed E-state index contributed by atoms with van der Waals surface area (Å²) in [6, 6.07) is -1.79. The maximum atomic E-state index is 12.2. The van der Waals surface area contributed by atoms with Crippen molar-refractivity contribution >= 4 is 36.0 Å². The van der Waals surface area contributed by atoms with Gasteiger partial charge in [-0.2, -0.15) is 11.8 Å². The molecule has 0 saturated heterocycles. The van der Waals surface area contributed by atoms with E-state index >= 15 is 0 Å². The van der Waals surface area contributed by atoms with Gasteiger partial charge in [-0.3, -0.25) is 0 Å². The standard InChI is InChI=1S/C21H39N3O8S/c1-19(2,3)30-16(27)22-10-13(23-17(28)31-20(4,5)6)11-33-12-14(15(25)26)24-18(29)32-21(7,8)9/h13-14H,10-12H2,1-9H3,(H,22,27)(H,23,28)(H,24,29)(H,25,26)/t13-,14-/m0/s1. The zero-order valence-corrected chi connectivity index (χ0v) is 21.8. The van der Waals surface area contributed by atoms with Gasteiger partial charge in [0.25, 0.3) is 0 Å². The predicted molar refractivity (Wildman–Crippen MR) is 126 cm³/mol. The van der Waals surface area contributed by atoms with Crippen LogP contribution in [0.3, 0.4) is 0 Å². The molecule has 192 valence electrons. The zero-order valence-electron chi connectivity index (χ0n) is 21.0. The first-order chi connectivity index (χ1) is 14.8. The van der Waals surface area contributed by atoms with Crippen LogP contribution in [-0.4, -0.2) is 76.3 Å². The highest BCUT2D eigenvalue weighted by molar-refractivity contribution is 7.99. The fourth-order valence-corrected chi connectivity index (χ4v) is 3.18. The molecule has 12 heteroatoms. The number of rotatable bonds is 9. The van der Waals surface area contributed by atoms with E-state index in [1.165, 1.54) is 11.8 Å². The van der Waals surface area contributed by atoms with Gasteiger partial charge >= 0.3 is 24.2 Å². The Balaban J connectivity index is 4.99. The molecule has 0 fully saturated rings. The number of hydrogen-bond acceptors (Lipinski definition) is 8. The molecule has 0 aromatic rings. The third-order valence-electron chi connectivity index (χ3n) is 3.21. The van der Waals surface area contributed by atoms with Crippen LogP contribution in [0.5, 0.6) is 0 Å². The average Bonchev–Trinajstić information content (AvgIpc) is 2.53. The predicted octanol–water partition coefficient (Wildman–Crippen LogP) is 3.12. The van der Waals surface area contributed by atoms with Crippen molar-refractivity contribution in [1.82, 2.24) is 16.0 Å². The molecule has 3 amide bonds. The fourth-order valence-electron chi connectivity index (χ4n) is 2.10. The van der Waals surface area contributed by atoms with Gasteiger partial charge in [-0.1, -0.05) is 0 Å². The molecule has 0 unspecified atom stereocenters. The number of amides is 3. The topological polar surface area (TPSA) is 152 Å². The fraction of sp³-hybridized carbons (Fsp3) is 0.810. The summed E-state index contributed by atoms with van der Waals surface area (Å²) >= 11 is 1.17. The van der Waals surface area contributed by atoms with Crippen molar-refractivity contribution in [3.8, 4) is 0 Å². The van der Waals surface area contributed by atoms with E-state index in [2.05, 4.69) is 16.0 Å². The van der Waals surface area contributed by atoms with Crippen LogP contribution in [0.2, 0.25) is 0 Å². The summed E-state index contributed by atoms with van der Waals surface area (Å²) < 4.78 is 15.5. The van der Waals surface area contributed by atoms with Crippen molar-refractivity contribution in [2.24, 2.45) is 0 Å². The molecule has 0 bridgehead atoms. The Bertz CT molecular complexity index is 680. The van der Waals surface area contributed by atoms with Gasteiger partial charge in [0.1, 0.15) is 22.8 Å². The Morgan fingerprint density at radius 3 is 1.58 bits per heavy atom. The SMILES string of the molecule is CC(C)(C)OC(=O)NC[C@@H](CSC[C@H](NC(=O)OC(C)(C)C)C(=O)O)NC(=O)OC(C)(C)C. The first-order valence-electron chi connectivity index (χ1n) is 10.5. The quantitative estimate of drug-likeness (QED) is 0.355. The van der Waals surface area contributed by atoms with Crippen LogP contribution in [0, 0.1) is 0 Å². The highest BCUT2D eigenvalue weighted by Crippen LogP contribution is 2.12. The molecule has 0 aromatic heterocycles. The third-order valence-corrected chi connectivity index (χ3v) is 4.41. The Hall–Kier alpha value is -2.37. The Morgan fingerprint density at radius 2 is 1.15 bits per heavy atom. The van der Waals surface area contributed by atoms with Gasteiger partial charge in [-0.25, -0.2) is 19.2 Å². The second kappa shape index (κ2) is 12.8. The number of alkyl carbamates (subject to hydrolysis) is 3. The van der Waals surface area contributed by atoms with Crippen LogP contribution in [0.15, 0.2) is 0 Å². The lowest BCUT2D eigenvalue weighted by atomic mass is 10.2. The lowest BCUT2D eigenvalue weighted by molar-refractivity contribution is -0.138. The van der Waals surface area contributed by atoms with Gasteiger partial charge in [-0.05, 0) is 62.3 Å². The molecule has 0 saturated carbocycles. The van der Waals surface area contributed by atoms with Gasteiger partial charge < -0.3 is 35.3 Å². The number of thioether (sulfide) groups is 1. The molecule has 4 N–H and O–H groups in total. The molecule has 0 aromatic carbocycles. The normalized spacial score (nSPS) is 13.8. The van der Waals surface area contributed by atoms with E-state index in [1.807, 2.05) is 0 Å². The van der Waals surface area contributed by atoms with Crippen LogP contribution in [0.4, 0.5) is 14.4 Å². The number of carbonyl (C=O) groups is 4. The molecular weight excluding hydrogens is 454 g/mol. The molecule has 2 atom stereocenters. The van der Waals surface area contributed by atoms with Crippen LogP contribution < -0.4 is 16.0 Å². The number of carboxylic acids is 1. The molecule has 0 spiro atoms. The minimum absolute atomic E-state index is 0.00745.